The van der Waals surface area contributed by atoms with E-state index < -0.39 is 0 Å². The fraction of sp³-hybridized carbons (Fsp3) is 0.333. The molecule has 2 aromatic carbocycles. The SMILES string of the molecule is Cc1cccc(NC(=O)N(CC(=O)N(Cc2ccccc2)Cc2cccs2)CC(C)C)c1C. The molecule has 0 saturated carbocycles. The van der Waals surface area contributed by atoms with E-state index >= 15 is 0 Å². The molecule has 1 N–H and O–H groups in total. The molecule has 3 rings (SSSR count). The molecule has 3 amide bonds. The third-order valence-electron chi connectivity index (χ3n) is 5.54. The third kappa shape index (κ3) is 7.19. The van der Waals surface area contributed by atoms with Crippen molar-refractivity contribution in [2.45, 2.75) is 40.8 Å². The van der Waals surface area contributed by atoms with Gasteiger partial charge in [0.1, 0.15) is 6.54 Å². The van der Waals surface area contributed by atoms with Gasteiger partial charge in [-0.25, -0.2) is 4.79 Å². The first-order chi connectivity index (χ1) is 15.8. The number of rotatable bonds is 9. The van der Waals surface area contributed by atoms with Gasteiger partial charge in [0.05, 0.1) is 6.54 Å². The maximum absolute atomic E-state index is 13.5. The molecule has 0 bridgehead atoms. The average molecular weight is 464 g/mol. The van der Waals surface area contributed by atoms with Crippen molar-refractivity contribution in [2.75, 3.05) is 18.4 Å². The number of urea groups is 1. The van der Waals surface area contributed by atoms with Crippen molar-refractivity contribution in [3.63, 3.8) is 0 Å². The highest BCUT2D eigenvalue weighted by atomic mass is 32.1. The number of anilines is 1. The Kier molecular flexibility index (Phi) is 8.66. The second-order valence-corrected chi connectivity index (χ2v) is 9.80. The number of nitrogens with zero attached hydrogens (tertiary/aromatic N) is 2. The van der Waals surface area contributed by atoms with Crippen LogP contribution in [-0.2, 0) is 17.9 Å². The third-order valence-corrected chi connectivity index (χ3v) is 6.40. The number of carbonyl (C=O) groups is 2. The Morgan fingerprint density at radius 1 is 0.909 bits per heavy atom. The lowest BCUT2D eigenvalue weighted by atomic mass is 10.1. The number of thiophene rings is 1. The number of benzene rings is 2. The molecule has 0 saturated heterocycles. The van der Waals surface area contributed by atoms with E-state index in [2.05, 4.69) is 19.2 Å². The van der Waals surface area contributed by atoms with Crippen LogP contribution < -0.4 is 5.32 Å². The molecule has 6 heteroatoms. The van der Waals surface area contributed by atoms with Gasteiger partial charge in [0.15, 0.2) is 0 Å². The van der Waals surface area contributed by atoms with Crippen LogP contribution in [0.4, 0.5) is 10.5 Å². The maximum atomic E-state index is 13.5. The first-order valence-electron chi connectivity index (χ1n) is 11.3. The van der Waals surface area contributed by atoms with Crippen LogP contribution in [0.1, 0.15) is 35.4 Å². The van der Waals surface area contributed by atoms with E-state index in [-0.39, 0.29) is 24.4 Å². The molecular formula is C27H33N3O2S. The molecule has 1 aromatic heterocycles. The topological polar surface area (TPSA) is 52.7 Å². The normalized spacial score (nSPS) is 10.8. The minimum atomic E-state index is -0.249. The van der Waals surface area contributed by atoms with Gasteiger partial charge in [-0.3, -0.25) is 4.79 Å². The highest BCUT2D eigenvalue weighted by Gasteiger charge is 2.23. The summed E-state index contributed by atoms with van der Waals surface area (Å²) in [6, 6.07) is 19.6. The van der Waals surface area contributed by atoms with Crippen LogP contribution in [0.3, 0.4) is 0 Å². The Labute approximate surface area is 201 Å². The Morgan fingerprint density at radius 3 is 2.33 bits per heavy atom. The Bertz CT molecular complexity index is 1050. The second-order valence-electron chi connectivity index (χ2n) is 8.77. The van der Waals surface area contributed by atoms with Crippen molar-refractivity contribution >= 4 is 29.0 Å². The molecule has 0 fully saturated rings. The van der Waals surface area contributed by atoms with Gasteiger partial charge >= 0.3 is 6.03 Å². The average Bonchev–Trinajstić information content (AvgIpc) is 3.29. The number of amides is 3. The molecule has 3 aromatic rings. The second kappa shape index (κ2) is 11.7. The molecular weight excluding hydrogens is 430 g/mol. The van der Waals surface area contributed by atoms with Crippen LogP contribution in [0.2, 0.25) is 0 Å². The van der Waals surface area contributed by atoms with Crippen molar-refractivity contribution in [1.82, 2.24) is 9.80 Å². The zero-order chi connectivity index (χ0) is 23.8. The summed E-state index contributed by atoms with van der Waals surface area (Å²) >= 11 is 1.63. The lowest BCUT2D eigenvalue weighted by Crippen LogP contribution is -2.45. The lowest BCUT2D eigenvalue weighted by Gasteiger charge is -2.29. The molecule has 0 aliphatic carbocycles. The standard InChI is InChI=1S/C27H33N3O2S/c1-20(2)16-30(27(32)28-25-14-8-10-21(3)22(25)4)19-26(31)29(18-24-13-9-15-33-24)17-23-11-6-5-7-12-23/h5-15,20H,16-19H2,1-4H3,(H,28,32). The van der Waals surface area contributed by atoms with Crippen molar-refractivity contribution in [1.29, 1.82) is 0 Å². The summed E-state index contributed by atoms with van der Waals surface area (Å²) in [5.74, 6) is 0.172. The van der Waals surface area contributed by atoms with E-state index in [0.717, 1.165) is 27.3 Å². The molecule has 1 heterocycles. The lowest BCUT2D eigenvalue weighted by molar-refractivity contribution is -0.133. The minimum Gasteiger partial charge on any atom is -0.332 e. The summed E-state index contributed by atoms with van der Waals surface area (Å²) in [5, 5.41) is 5.03. The summed E-state index contributed by atoms with van der Waals surface area (Å²) in [6.07, 6.45) is 0. The highest BCUT2D eigenvalue weighted by molar-refractivity contribution is 7.09. The van der Waals surface area contributed by atoms with Crippen LogP contribution in [0.5, 0.6) is 0 Å². The van der Waals surface area contributed by atoms with Gasteiger partial charge in [0, 0.05) is 23.7 Å². The number of aryl methyl sites for hydroxylation is 1. The molecule has 33 heavy (non-hydrogen) atoms. The summed E-state index contributed by atoms with van der Waals surface area (Å²) in [7, 11) is 0. The smallest absolute Gasteiger partial charge is 0.322 e. The number of hydrogen-bond donors (Lipinski definition) is 1. The predicted octanol–water partition coefficient (Wildman–Crippen LogP) is 6.08. The zero-order valence-electron chi connectivity index (χ0n) is 19.9. The minimum absolute atomic E-state index is 0.0348. The number of hydrogen-bond acceptors (Lipinski definition) is 3. The number of carbonyl (C=O) groups excluding carboxylic acids is 2. The van der Waals surface area contributed by atoms with Gasteiger partial charge in [0.2, 0.25) is 5.91 Å². The first kappa shape index (κ1) is 24.5. The zero-order valence-corrected chi connectivity index (χ0v) is 20.7. The van der Waals surface area contributed by atoms with Gasteiger partial charge in [-0.05, 0) is 54.0 Å². The van der Waals surface area contributed by atoms with Gasteiger partial charge in [-0.15, -0.1) is 11.3 Å². The molecule has 0 radical (unpaired) electrons. The molecule has 0 spiro atoms. The molecule has 174 valence electrons. The molecule has 0 atom stereocenters. The Balaban J connectivity index is 1.77. The Morgan fingerprint density at radius 2 is 1.67 bits per heavy atom. The summed E-state index contributed by atoms with van der Waals surface area (Å²) in [4.78, 5) is 31.2. The fourth-order valence-electron chi connectivity index (χ4n) is 3.63. The van der Waals surface area contributed by atoms with E-state index in [1.54, 1.807) is 16.2 Å². The van der Waals surface area contributed by atoms with Crippen molar-refractivity contribution in [3.8, 4) is 0 Å². The largest absolute Gasteiger partial charge is 0.332 e. The van der Waals surface area contributed by atoms with Crippen LogP contribution in [0.15, 0.2) is 66.0 Å². The van der Waals surface area contributed by atoms with E-state index in [4.69, 9.17) is 0 Å². The van der Waals surface area contributed by atoms with Crippen molar-refractivity contribution < 1.29 is 9.59 Å². The molecule has 0 unspecified atom stereocenters. The van der Waals surface area contributed by atoms with Gasteiger partial charge in [-0.1, -0.05) is 62.4 Å². The van der Waals surface area contributed by atoms with Gasteiger partial charge in [0.25, 0.3) is 0 Å². The van der Waals surface area contributed by atoms with Crippen LogP contribution in [0, 0.1) is 19.8 Å². The van der Waals surface area contributed by atoms with E-state index in [1.165, 1.54) is 0 Å². The summed E-state index contributed by atoms with van der Waals surface area (Å²) in [6.45, 7) is 9.68. The van der Waals surface area contributed by atoms with Gasteiger partial charge < -0.3 is 15.1 Å². The monoisotopic (exact) mass is 463 g/mol. The van der Waals surface area contributed by atoms with Crippen molar-refractivity contribution in [3.05, 3.63) is 87.6 Å². The quantitative estimate of drug-likeness (QED) is 0.418. The maximum Gasteiger partial charge on any atom is 0.322 e. The molecule has 0 aliphatic rings. The predicted molar refractivity (Wildman–Crippen MR) is 136 cm³/mol. The Hall–Kier alpha value is -3.12. The fourth-order valence-corrected chi connectivity index (χ4v) is 4.35. The summed E-state index contributed by atoms with van der Waals surface area (Å²) < 4.78 is 0. The first-order valence-corrected chi connectivity index (χ1v) is 12.2. The van der Waals surface area contributed by atoms with E-state index in [9.17, 15) is 9.59 Å². The van der Waals surface area contributed by atoms with E-state index in [1.807, 2.05) is 84.8 Å². The van der Waals surface area contributed by atoms with Crippen LogP contribution in [0.25, 0.3) is 0 Å². The molecule has 0 aliphatic heterocycles. The van der Waals surface area contributed by atoms with E-state index in [0.29, 0.717) is 19.6 Å². The van der Waals surface area contributed by atoms with Gasteiger partial charge in [-0.2, -0.15) is 0 Å². The van der Waals surface area contributed by atoms with Crippen LogP contribution >= 0.6 is 11.3 Å². The number of nitrogens with one attached hydrogen (secondary N) is 1. The summed E-state index contributed by atoms with van der Waals surface area (Å²) in [5.41, 5.74) is 3.99. The highest BCUT2D eigenvalue weighted by Crippen LogP contribution is 2.19. The van der Waals surface area contributed by atoms with Crippen LogP contribution in [-0.4, -0.2) is 34.8 Å². The van der Waals surface area contributed by atoms with Crippen molar-refractivity contribution in [2.24, 2.45) is 5.92 Å². The molecule has 5 nitrogen and oxygen atoms in total.